The molecule has 0 aliphatic carbocycles. The first-order valence-electron chi connectivity index (χ1n) is 14.7. The van der Waals surface area contributed by atoms with Gasteiger partial charge in [0.2, 0.25) is 0 Å². The summed E-state index contributed by atoms with van der Waals surface area (Å²) in [6.07, 6.45) is 2.96. The van der Waals surface area contributed by atoms with Crippen LogP contribution >= 0.6 is 11.3 Å². The number of benzene rings is 3. The number of nitro groups is 1. The van der Waals surface area contributed by atoms with Crippen LogP contribution in [0.2, 0.25) is 0 Å². The van der Waals surface area contributed by atoms with E-state index in [1.807, 2.05) is 25.1 Å². The SMILES string of the molecule is CCCC1=C(C(=O)OCC)[C@H](c2cc(OC)ccc2OC)n2c(s/c(=C/c3ccccc3OCc3ccc([N+](=O)[O-])cc3)c2=O)=N1. The molecule has 1 aliphatic rings. The van der Waals surface area contributed by atoms with Crippen LogP contribution in [0.3, 0.4) is 0 Å². The lowest BCUT2D eigenvalue weighted by molar-refractivity contribution is -0.384. The predicted molar refractivity (Wildman–Crippen MR) is 173 cm³/mol. The second-order valence-electron chi connectivity index (χ2n) is 10.3. The molecule has 2 heterocycles. The molecule has 0 bridgehead atoms. The minimum atomic E-state index is -0.877. The van der Waals surface area contributed by atoms with Gasteiger partial charge < -0.3 is 18.9 Å². The number of nitro benzene ring substituents is 1. The molecule has 0 radical (unpaired) electrons. The number of esters is 1. The number of thiazole rings is 1. The molecule has 0 saturated carbocycles. The second kappa shape index (κ2) is 14.2. The number of rotatable bonds is 12. The highest BCUT2D eigenvalue weighted by Gasteiger charge is 2.36. The summed E-state index contributed by atoms with van der Waals surface area (Å²) >= 11 is 1.21. The number of methoxy groups -OCH3 is 2. The Balaban J connectivity index is 1.64. The quantitative estimate of drug-likeness (QED) is 0.119. The Bertz CT molecular complexity index is 1980. The maximum atomic E-state index is 14.3. The van der Waals surface area contributed by atoms with E-state index in [9.17, 15) is 19.7 Å². The number of allylic oxidation sites excluding steroid dienone is 1. The van der Waals surface area contributed by atoms with Crippen LogP contribution in [-0.4, -0.2) is 36.3 Å². The van der Waals surface area contributed by atoms with E-state index in [0.717, 1.165) is 12.0 Å². The van der Waals surface area contributed by atoms with Gasteiger partial charge >= 0.3 is 5.97 Å². The van der Waals surface area contributed by atoms with Crippen molar-refractivity contribution in [3.63, 3.8) is 0 Å². The summed E-state index contributed by atoms with van der Waals surface area (Å²) in [5.74, 6) is 0.986. The molecule has 46 heavy (non-hydrogen) atoms. The summed E-state index contributed by atoms with van der Waals surface area (Å²) in [6.45, 7) is 4.05. The van der Waals surface area contributed by atoms with E-state index < -0.39 is 16.9 Å². The number of fused-ring (bicyclic) bond motifs is 1. The number of carbonyl (C=O) groups excluding carboxylic acids is 1. The van der Waals surface area contributed by atoms with Crippen molar-refractivity contribution in [2.75, 3.05) is 20.8 Å². The lowest BCUT2D eigenvalue weighted by Gasteiger charge is -2.27. The van der Waals surface area contributed by atoms with Gasteiger partial charge in [0.1, 0.15) is 29.9 Å². The molecule has 1 aromatic heterocycles. The van der Waals surface area contributed by atoms with E-state index in [2.05, 4.69) is 0 Å². The zero-order valence-electron chi connectivity index (χ0n) is 25.8. The van der Waals surface area contributed by atoms with Crippen LogP contribution in [0.25, 0.3) is 6.08 Å². The highest BCUT2D eigenvalue weighted by Crippen LogP contribution is 2.38. The van der Waals surface area contributed by atoms with Crippen LogP contribution < -0.4 is 29.1 Å². The molecular formula is C34H33N3O8S. The smallest absolute Gasteiger partial charge is 0.338 e. The van der Waals surface area contributed by atoms with E-state index in [1.165, 1.54) is 35.1 Å². The Labute approximate surface area is 268 Å². The van der Waals surface area contributed by atoms with Crippen molar-refractivity contribution in [2.45, 2.75) is 39.3 Å². The van der Waals surface area contributed by atoms with Crippen molar-refractivity contribution in [2.24, 2.45) is 4.99 Å². The summed E-state index contributed by atoms with van der Waals surface area (Å²) in [4.78, 5) is 43.6. The Morgan fingerprint density at radius 1 is 1.04 bits per heavy atom. The summed E-state index contributed by atoms with van der Waals surface area (Å²) in [5, 5.41) is 11.0. The van der Waals surface area contributed by atoms with E-state index in [0.29, 0.717) is 49.8 Å². The fraction of sp³-hybridized carbons (Fsp3) is 0.265. The first kappa shape index (κ1) is 32.2. The van der Waals surface area contributed by atoms with Gasteiger partial charge in [0.25, 0.3) is 11.2 Å². The first-order chi connectivity index (χ1) is 22.3. The van der Waals surface area contributed by atoms with Crippen LogP contribution in [0.4, 0.5) is 5.69 Å². The number of non-ortho nitro benzene ring substituents is 1. The largest absolute Gasteiger partial charge is 0.497 e. The number of hydrogen-bond donors (Lipinski definition) is 0. The summed E-state index contributed by atoms with van der Waals surface area (Å²) in [7, 11) is 3.08. The van der Waals surface area contributed by atoms with Gasteiger partial charge in [-0.15, -0.1) is 0 Å². The maximum absolute atomic E-state index is 14.3. The number of hydrogen-bond acceptors (Lipinski definition) is 10. The average Bonchev–Trinajstić information content (AvgIpc) is 3.37. The van der Waals surface area contributed by atoms with Crippen molar-refractivity contribution >= 4 is 29.1 Å². The van der Waals surface area contributed by atoms with Gasteiger partial charge in [-0.05, 0) is 61.4 Å². The summed E-state index contributed by atoms with van der Waals surface area (Å²) in [5.41, 5.74) is 2.45. The topological polar surface area (TPSA) is 131 Å². The van der Waals surface area contributed by atoms with Gasteiger partial charge in [-0.25, -0.2) is 9.79 Å². The van der Waals surface area contributed by atoms with Crippen LogP contribution in [0.1, 0.15) is 49.4 Å². The molecule has 0 N–H and O–H groups in total. The fourth-order valence-corrected chi connectivity index (χ4v) is 6.23. The van der Waals surface area contributed by atoms with Crippen LogP contribution in [0.15, 0.2) is 87.8 Å². The molecule has 0 saturated heterocycles. The molecule has 238 valence electrons. The highest BCUT2D eigenvalue weighted by molar-refractivity contribution is 7.07. The van der Waals surface area contributed by atoms with Crippen LogP contribution in [0.5, 0.6) is 17.2 Å². The lowest BCUT2D eigenvalue weighted by atomic mass is 9.93. The van der Waals surface area contributed by atoms with Gasteiger partial charge in [-0.1, -0.05) is 42.9 Å². The summed E-state index contributed by atoms with van der Waals surface area (Å²) in [6, 6.07) is 17.8. The molecule has 12 heteroatoms. The molecule has 0 spiro atoms. The minimum absolute atomic E-state index is 0.00222. The molecule has 0 unspecified atom stereocenters. The van der Waals surface area contributed by atoms with E-state index >= 15 is 0 Å². The molecule has 5 rings (SSSR count). The number of carbonyl (C=O) groups is 1. The fourth-order valence-electron chi connectivity index (χ4n) is 5.22. The monoisotopic (exact) mass is 643 g/mol. The third kappa shape index (κ3) is 6.57. The lowest BCUT2D eigenvalue weighted by Crippen LogP contribution is -2.40. The summed E-state index contributed by atoms with van der Waals surface area (Å²) < 4.78 is 24.7. The Morgan fingerprint density at radius 2 is 1.80 bits per heavy atom. The third-order valence-corrected chi connectivity index (χ3v) is 8.35. The van der Waals surface area contributed by atoms with Gasteiger partial charge in [0.05, 0.1) is 41.6 Å². The van der Waals surface area contributed by atoms with E-state index in [1.54, 1.807) is 56.5 Å². The molecule has 1 aliphatic heterocycles. The first-order valence-corrected chi connectivity index (χ1v) is 15.5. The molecule has 3 aromatic carbocycles. The third-order valence-electron chi connectivity index (χ3n) is 7.37. The van der Waals surface area contributed by atoms with Crippen molar-refractivity contribution in [3.05, 3.63) is 124 Å². The zero-order chi connectivity index (χ0) is 32.8. The number of nitrogens with zero attached hydrogens (tertiary/aromatic N) is 3. The predicted octanol–water partition coefficient (Wildman–Crippen LogP) is 5.08. The maximum Gasteiger partial charge on any atom is 0.338 e. The van der Waals surface area contributed by atoms with Gasteiger partial charge in [-0.3, -0.25) is 19.5 Å². The standard InChI is InChI=1S/C34H33N3O8S/c1-5-9-26-30(33(39)44-6-2)31(25-19-24(42-3)16-17-28(25)43-4)36-32(38)29(46-34(36)35-26)18-22-10-7-8-11-27(22)45-20-21-12-14-23(15-13-21)37(40)41/h7-8,10-19,31H,5-6,9,20H2,1-4H3/b29-18+/t31-/m0/s1. The van der Waals surface area contributed by atoms with Gasteiger partial charge in [0, 0.05) is 23.3 Å². The number of para-hydroxylation sites is 1. The highest BCUT2D eigenvalue weighted by atomic mass is 32.1. The van der Waals surface area contributed by atoms with Crippen molar-refractivity contribution < 1.29 is 28.7 Å². The Morgan fingerprint density at radius 3 is 2.48 bits per heavy atom. The molecule has 0 fully saturated rings. The molecule has 0 amide bonds. The van der Waals surface area contributed by atoms with Crippen molar-refractivity contribution in [3.8, 4) is 17.2 Å². The molecule has 1 atom stereocenters. The van der Waals surface area contributed by atoms with Crippen molar-refractivity contribution in [1.82, 2.24) is 4.57 Å². The Kier molecular flexibility index (Phi) is 9.97. The van der Waals surface area contributed by atoms with E-state index in [4.69, 9.17) is 23.9 Å². The minimum Gasteiger partial charge on any atom is -0.497 e. The molecule has 4 aromatic rings. The Hall–Kier alpha value is -5.23. The molecule has 11 nitrogen and oxygen atoms in total. The van der Waals surface area contributed by atoms with E-state index in [-0.39, 0.29) is 30.0 Å². The van der Waals surface area contributed by atoms with Gasteiger partial charge in [-0.2, -0.15) is 0 Å². The zero-order valence-corrected chi connectivity index (χ0v) is 26.7. The number of aromatic nitrogens is 1. The molecular weight excluding hydrogens is 610 g/mol. The van der Waals surface area contributed by atoms with Crippen LogP contribution in [-0.2, 0) is 16.1 Å². The average molecular weight is 644 g/mol. The van der Waals surface area contributed by atoms with Crippen LogP contribution in [0, 0.1) is 10.1 Å². The van der Waals surface area contributed by atoms with Crippen molar-refractivity contribution in [1.29, 1.82) is 0 Å². The second-order valence-corrected chi connectivity index (χ2v) is 11.3. The van der Waals surface area contributed by atoms with Gasteiger partial charge in [0.15, 0.2) is 4.80 Å². The number of ether oxygens (including phenoxy) is 4. The normalized spacial score (nSPS) is 14.3.